The lowest BCUT2D eigenvalue weighted by molar-refractivity contribution is 0.490. The maximum Gasteiger partial charge on any atom is -0.00716 e. The van der Waals surface area contributed by atoms with E-state index in [0.29, 0.717) is 0 Å². The van der Waals surface area contributed by atoms with Crippen molar-refractivity contribution >= 4 is 17.1 Å². The van der Waals surface area contributed by atoms with Crippen LogP contribution in [0.25, 0.3) is 0 Å². The zero-order valence-electron chi connectivity index (χ0n) is 13.0. The molecule has 0 heterocycles. The fraction of sp³-hybridized carbons (Fsp3) is 0.941. The molecule has 0 bridgehead atoms. The zero-order valence-corrected chi connectivity index (χ0v) is 13.8. The maximum atomic E-state index is 5.41. The quantitative estimate of drug-likeness (QED) is 0.264. The molecular formula is C17H34S. The Balaban J connectivity index is 3.54. The Labute approximate surface area is 121 Å². The van der Waals surface area contributed by atoms with Crippen LogP contribution in [0, 0.1) is 5.92 Å². The largest absolute Gasteiger partial charge is 0.0897 e. The summed E-state index contributed by atoms with van der Waals surface area (Å²) in [6.07, 6.45) is 16.6. The van der Waals surface area contributed by atoms with Crippen LogP contribution in [0.3, 0.4) is 0 Å². The lowest BCUT2D eigenvalue weighted by atomic mass is 9.92. The fourth-order valence-electron chi connectivity index (χ4n) is 2.54. The van der Waals surface area contributed by atoms with Gasteiger partial charge in [0.2, 0.25) is 0 Å². The van der Waals surface area contributed by atoms with Gasteiger partial charge in [-0.1, -0.05) is 90.3 Å². The van der Waals surface area contributed by atoms with Crippen LogP contribution in [0.4, 0.5) is 0 Å². The standard InChI is InChI=1S/C17H34S/c1-4-6-8-10-11-13-15-17(16(3)18)14-12-9-7-5-2/h17H,4-15H2,1-3H3. The maximum absolute atomic E-state index is 5.41. The summed E-state index contributed by atoms with van der Waals surface area (Å²) in [6.45, 7) is 6.71. The van der Waals surface area contributed by atoms with Gasteiger partial charge in [0.15, 0.2) is 0 Å². The monoisotopic (exact) mass is 270 g/mol. The second-order valence-electron chi connectivity index (χ2n) is 5.71. The minimum atomic E-state index is 0.725. The summed E-state index contributed by atoms with van der Waals surface area (Å²) >= 11 is 5.41. The Morgan fingerprint density at radius 1 is 0.722 bits per heavy atom. The summed E-state index contributed by atoms with van der Waals surface area (Å²) in [5.41, 5.74) is 0. The van der Waals surface area contributed by atoms with E-state index in [-0.39, 0.29) is 0 Å². The van der Waals surface area contributed by atoms with Gasteiger partial charge < -0.3 is 0 Å². The molecule has 0 spiro atoms. The van der Waals surface area contributed by atoms with Gasteiger partial charge in [-0.25, -0.2) is 0 Å². The molecular weight excluding hydrogens is 236 g/mol. The number of rotatable bonds is 13. The van der Waals surface area contributed by atoms with Gasteiger partial charge in [-0.3, -0.25) is 0 Å². The molecule has 0 N–H and O–H groups in total. The highest BCUT2D eigenvalue weighted by Gasteiger charge is 2.10. The topological polar surface area (TPSA) is 0 Å². The van der Waals surface area contributed by atoms with Crippen molar-refractivity contribution in [3.8, 4) is 0 Å². The Kier molecular flexibility index (Phi) is 13.6. The number of hydrogen-bond acceptors (Lipinski definition) is 1. The highest BCUT2D eigenvalue weighted by Crippen LogP contribution is 2.20. The number of unbranched alkanes of at least 4 members (excludes halogenated alkanes) is 8. The van der Waals surface area contributed by atoms with E-state index in [9.17, 15) is 0 Å². The van der Waals surface area contributed by atoms with E-state index < -0.39 is 0 Å². The van der Waals surface area contributed by atoms with Crippen molar-refractivity contribution in [2.45, 2.75) is 97.8 Å². The predicted molar refractivity (Wildman–Crippen MR) is 88.5 cm³/mol. The predicted octanol–water partition coefficient (Wildman–Crippen LogP) is 6.71. The van der Waals surface area contributed by atoms with E-state index in [1.165, 1.54) is 81.9 Å². The first-order valence-corrected chi connectivity index (χ1v) is 8.63. The summed E-state index contributed by atoms with van der Waals surface area (Å²) in [6, 6.07) is 0. The van der Waals surface area contributed by atoms with E-state index in [4.69, 9.17) is 12.2 Å². The molecule has 0 rings (SSSR count). The van der Waals surface area contributed by atoms with Crippen molar-refractivity contribution in [3.05, 3.63) is 0 Å². The Morgan fingerprint density at radius 2 is 1.11 bits per heavy atom. The molecule has 18 heavy (non-hydrogen) atoms. The zero-order chi connectivity index (χ0) is 13.6. The van der Waals surface area contributed by atoms with Gasteiger partial charge in [-0.2, -0.15) is 0 Å². The molecule has 0 aliphatic heterocycles. The van der Waals surface area contributed by atoms with Gasteiger partial charge >= 0.3 is 0 Å². The third kappa shape index (κ3) is 11.2. The first-order chi connectivity index (χ1) is 8.72. The molecule has 0 aromatic heterocycles. The van der Waals surface area contributed by atoms with Crippen LogP contribution in [0.15, 0.2) is 0 Å². The molecule has 0 amide bonds. The van der Waals surface area contributed by atoms with Gasteiger partial charge in [0, 0.05) is 0 Å². The molecule has 0 aromatic rings. The van der Waals surface area contributed by atoms with E-state index in [1.54, 1.807) is 0 Å². The van der Waals surface area contributed by atoms with Crippen LogP contribution < -0.4 is 0 Å². The van der Waals surface area contributed by atoms with Crippen molar-refractivity contribution in [2.75, 3.05) is 0 Å². The summed E-state index contributed by atoms with van der Waals surface area (Å²) in [5, 5.41) is 0. The van der Waals surface area contributed by atoms with Gasteiger partial charge in [0.25, 0.3) is 0 Å². The lowest BCUT2D eigenvalue weighted by Crippen LogP contribution is -2.09. The third-order valence-corrected chi connectivity index (χ3v) is 4.22. The van der Waals surface area contributed by atoms with Gasteiger partial charge in [-0.15, -0.1) is 0 Å². The molecule has 0 saturated heterocycles. The van der Waals surface area contributed by atoms with Crippen LogP contribution in [0.2, 0.25) is 0 Å². The highest BCUT2D eigenvalue weighted by molar-refractivity contribution is 7.80. The molecule has 1 heteroatoms. The van der Waals surface area contributed by atoms with Crippen molar-refractivity contribution in [1.82, 2.24) is 0 Å². The van der Waals surface area contributed by atoms with Crippen LogP contribution >= 0.6 is 12.2 Å². The van der Waals surface area contributed by atoms with Gasteiger partial charge in [-0.05, 0) is 30.5 Å². The molecule has 0 aliphatic rings. The van der Waals surface area contributed by atoms with E-state index >= 15 is 0 Å². The summed E-state index contributed by atoms with van der Waals surface area (Å²) in [4.78, 5) is 1.25. The molecule has 1 atom stereocenters. The van der Waals surface area contributed by atoms with Crippen molar-refractivity contribution in [2.24, 2.45) is 5.92 Å². The van der Waals surface area contributed by atoms with E-state index in [0.717, 1.165) is 5.92 Å². The highest BCUT2D eigenvalue weighted by atomic mass is 32.1. The molecule has 0 nitrogen and oxygen atoms in total. The fourth-order valence-corrected chi connectivity index (χ4v) is 2.78. The minimum Gasteiger partial charge on any atom is -0.0897 e. The van der Waals surface area contributed by atoms with Crippen molar-refractivity contribution in [3.63, 3.8) is 0 Å². The molecule has 0 saturated carbocycles. The number of thiocarbonyl (C=S) groups is 1. The molecule has 0 aromatic carbocycles. The van der Waals surface area contributed by atoms with Gasteiger partial charge in [0.05, 0.1) is 0 Å². The molecule has 0 fully saturated rings. The summed E-state index contributed by atoms with van der Waals surface area (Å²) in [7, 11) is 0. The van der Waals surface area contributed by atoms with Gasteiger partial charge in [0.1, 0.15) is 0 Å². The molecule has 1 unspecified atom stereocenters. The number of hydrogen-bond donors (Lipinski definition) is 0. The first-order valence-electron chi connectivity index (χ1n) is 8.22. The van der Waals surface area contributed by atoms with Crippen molar-refractivity contribution in [1.29, 1.82) is 0 Å². The lowest BCUT2D eigenvalue weighted by Gasteiger charge is -2.15. The second kappa shape index (κ2) is 13.5. The average Bonchev–Trinajstić information content (AvgIpc) is 2.35. The second-order valence-corrected chi connectivity index (χ2v) is 6.36. The Morgan fingerprint density at radius 3 is 1.56 bits per heavy atom. The Hall–Kier alpha value is 0.0900. The van der Waals surface area contributed by atoms with Crippen LogP contribution in [0.1, 0.15) is 97.8 Å². The summed E-state index contributed by atoms with van der Waals surface area (Å²) < 4.78 is 0. The minimum absolute atomic E-state index is 0.725. The average molecular weight is 271 g/mol. The molecule has 0 aliphatic carbocycles. The SMILES string of the molecule is CCCCCCCCC(CCCCCC)C(C)=S. The summed E-state index contributed by atoms with van der Waals surface area (Å²) in [5.74, 6) is 0.725. The molecule has 0 radical (unpaired) electrons. The smallest absolute Gasteiger partial charge is 0.00716 e. The third-order valence-electron chi connectivity index (χ3n) is 3.89. The molecule has 108 valence electrons. The Bertz CT molecular complexity index is 186. The van der Waals surface area contributed by atoms with Crippen LogP contribution in [0.5, 0.6) is 0 Å². The normalized spacial score (nSPS) is 12.6. The van der Waals surface area contributed by atoms with Crippen LogP contribution in [-0.2, 0) is 0 Å². The van der Waals surface area contributed by atoms with Crippen molar-refractivity contribution < 1.29 is 0 Å². The van der Waals surface area contributed by atoms with E-state index in [1.807, 2.05) is 0 Å². The first kappa shape index (κ1) is 18.1. The van der Waals surface area contributed by atoms with E-state index in [2.05, 4.69) is 20.8 Å². The van der Waals surface area contributed by atoms with Crippen LogP contribution in [-0.4, -0.2) is 4.86 Å².